The van der Waals surface area contributed by atoms with Crippen LogP contribution in [0.5, 0.6) is 23.0 Å². The third-order valence-corrected chi connectivity index (χ3v) is 3.46. The number of aromatic hydroxyl groups is 4. The monoisotopic (exact) mass is 363 g/mol. The van der Waals surface area contributed by atoms with Crippen LogP contribution in [0.1, 0.15) is 29.8 Å². The molecule has 2 aromatic rings. The molecule has 8 heteroatoms. The van der Waals surface area contributed by atoms with Gasteiger partial charge in [-0.15, -0.1) is 0 Å². The number of phenolic OH excluding ortho intramolecular Hbond substituents is 4. The number of carbonyl (C=O) groups is 2. The zero-order valence-corrected chi connectivity index (χ0v) is 14.2. The summed E-state index contributed by atoms with van der Waals surface area (Å²) in [6.45, 7) is 3.55. The van der Waals surface area contributed by atoms with Gasteiger partial charge < -0.3 is 31.3 Å². The van der Waals surface area contributed by atoms with Gasteiger partial charge in [0.05, 0.1) is 11.1 Å². The fraction of sp³-hybridized carbons (Fsp3) is 0.222. The van der Waals surface area contributed by atoms with E-state index in [-0.39, 0.29) is 40.0 Å². The van der Waals surface area contributed by atoms with E-state index in [0.29, 0.717) is 0 Å². The molecule has 0 aliphatic heterocycles. The van der Waals surface area contributed by atoms with Crippen molar-refractivity contribution in [2.24, 2.45) is 11.7 Å². The smallest absolute Gasteiger partial charge is 0.320 e. The van der Waals surface area contributed by atoms with E-state index in [1.165, 1.54) is 24.3 Å². The fourth-order valence-electron chi connectivity index (χ4n) is 1.85. The molecule has 7 N–H and O–H groups in total. The van der Waals surface area contributed by atoms with E-state index in [4.69, 9.17) is 21.1 Å². The van der Waals surface area contributed by atoms with Gasteiger partial charge >= 0.3 is 5.97 Å². The Kier molecular flexibility index (Phi) is 6.97. The number of hydrogen-bond donors (Lipinski definition) is 6. The molecule has 140 valence electrons. The molecule has 0 fully saturated rings. The van der Waals surface area contributed by atoms with Crippen molar-refractivity contribution in [2.45, 2.75) is 19.9 Å². The maximum absolute atomic E-state index is 12.0. The first-order chi connectivity index (χ1) is 12.0. The molecule has 2 rings (SSSR count). The number of carboxylic acid groups (broad SMARTS) is 1. The van der Waals surface area contributed by atoms with E-state index < -0.39 is 17.8 Å². The minimum atomic E-state index is -0.931. The van der Waals surface area contributed by atoms with Crippen LogP contribution < -0.4 is 5.73 Å². The third-order valence-electron chi connectivity index (χ3n) is 3.46. The minimum absolute atomic E-state index is 0.0208. The quantitative estimate of drug-likeness (QED) is 0.448. The van der Waals surface area contributed by atoms with Gasteiger partial charge in [0, 0.05) is 12.1 Å². The van der Waals surface area contributed by atoms with Crippen LogP contribution in [0.15, 0.2) is 36.4 Å². The average Bonchev–Trinajstić information content (AvgIpc) is 2.54. The Labute approximate surface area is 149 Å². The predicted molar refractivity (Wildman–Crippen MR) is 93.4 cm³/mol. The molecule has 8 nitrogen and oxygen atoms in total. The molecule has 0 radical (unpaired) electrons. The van der Waals surface area contributed by atoms with Gasteiger partial charge in [-0.1, -0.05) is 13.8 Å². The highest BCUT2D eigenvalue weighted by molar-refractivity contribution is 6.12. The van der Waals surface area contributed by atoms with Crippen LogP contribution in [0.25, 0.3) is 0 Å². The highest BCUT2D eigenvalue weighted by Crippen LogP contribution is 2.29. The molecule has 0 saturated carbocycles. The Bertz CT molecular complexity index is 749. The predicted octanol–water partition coefficient (Wildman–Crippen LogP) is 1.79. The molecule has 1 atom stereocenters. The van der Waals surface area contributed by atoms with Gasteiger partial charge in [0.2, 0.25) is 0 Å². The van der Waals surface area contributed by atoms with Crippen LogP contribution in [0, 0.1) is 5.92 Å². The maximum Gasteiger partial charge on any atom is 0.320 e. The largest absolute Gasteiger partial charge is 0.508 e. The first kappa shape index (κ1) is 20.8. The zero-order chi connectivity index (χ0) is 20.0. The molecule has 26 heavy (non-hydrogen) atoms. The SMILES string of the molecule is CC(C)[C@H](N)C(=O)O.O=C(c1ccc(O)cc1O)c1ccc(O)cc1O. The second kappa shape index (κ2) is 8.72. The fourth-order valence-corrected chi connectivity index (χ4v) is 1.85. The number of carbonyl (C=O) groups excluding carboxylic acids is 1. The Hall–Kier alpha value is -3.26. The van der Waals surface area contributed by atoms with Crippen molar-refractivity contribution in [1.29, 1.82) is 0 Å². The number of ketones is 1. The van der Waals surface area contributed by atoms with Crippen molar-refractivity contribution >= 4 is 11.8 Å². The first-order valence-corrected chi connectivity index (χ1v) is 7.61. The van der Waals surface area contributed by atoms with E-state index in [2.05, 4.69) is 0 Å². The molecule has 0 bridgehead atoms. The normalized spacial score (nSPS) is 11.4. The van der Waals surface area contributed by atoms with Gasteiger partial charge in [0.25, 0.3) is 0 Å². The lowest BCUT2D eigenvalue weighted by Crippen LogP contribution is -2.34. The Morgan fingerprint density at radius 2 is 1.23 bits per heavy atom. The number of rotatable bonds is 4. The van der Waals surface area contributed by atoms with Gasteiger partial charge in [0.1, 0.15) is 29.0 Å². The number of carboxylic acids is 1. The molecule has 0 amide bonds. The summed E-state index contributed by atoms with van der Waals surface area (Å²) in [7, 11) is 0. The molecule has 0 aromatic heterocycles. The van der Waals surface area contributed by atoms with Crippen molar-refractivity contribution in [3.63, 3.8) is 0 Å². The molecule has 0 aliphatic carbocycles. The molecule has 0 heterocycles. The topological polar surface area (TPSA) is 161 Å². The van der Waals surface area contributed by atoms with Gasteiger partial charge in [-0.3, -0.25) is 9.59 Å². The van der Waals surface area contributed by atoms with E-state index in [1.807, 2.05) is 0 Å². The lowest BCUT2D eigenvalue weighted by atomic mass is 10.0. The van der Waals surface area contributed by atoms with Crippen LogP contribution >= 0.6 is 0 Å². The molecular formula is C18H21NO7. The second-order valence-corrected chi connectivity index (χ2v) is 5.84. The Morgan fingerprint density at radius 3 is 1.46 bits per heavy atom. The van der Waals surface area contributed by atoms with Gasteiger partial charge in [-0.05, 0) is 30.2 Å². The molecule has 0 aliphatic rings. The van der Waals surface area contributed by atoms with Crippen molar-refractivity contribution < 1.29 is 35.1 Å². The summed E-state index contributed by atoms with van der Waals surface area (Å²) in [5, 5.41) is 45.6. The van der Waals surface area contributed by atoms with Gasteiger partial charge in [-0.2, -0.15) is 0 Å². The molecule has 2 aromatic carbocycles. The number of hydrogen-bond acceptors (Lipinski definition) is 7. The van der Waals surface area contributed by atoms with Crippen molar-refractivity contribution in [3.05, 3.63) is 47.5 Å². The minimum Gasteiger partial charge on any atom is -0.508 e. The van der Waals surface area contributed by atoms with Crippen LogP contribution in [-0.2, 0) is 4.79 Å². The van der Waals surface area contributed by atoms with Crippen molar-refractivity contribution in [3.8, 4) is 23.0 Å². The van der Waals surface area contributed by atoms with Crippen molar-refractivity contribution in [1.82, 2.24) is 0 Å². The summed E-state index contributed by atoms with van der Waals surface area (Å²) in [6, 6.07) is 6.36. The summed E-state index contributed by atoms with van der Waals surface area (Å²) in [5.41, 5.74) is 5.06. The molecule has 0 unspecified atom stereocenters. The Balaban J connectivity index is 0.000000359. The van der Waals surface area contributed by atoms with Crippen LogP contribution in [-0.4, -0.2) is 43.3 Å². The standard InChI is InChI=1S/C13H10O5.C5H11NO2/c14-7-1-3-9(11(16)5-7)13(18)10-4-2-8(15)6-12(10)17;1-3(2)4(6)5(7)8/h1-6,14-17H;3-4H,6H2,1-2H3,(H,7,8)/t;4-/m.0/s1. The molecular weight excluding hydrogens is 342 g/mol. The average molecular weight is 363 g/mol. The lowest BCUT2D eigenvalue weighted by Gasteiger charge is -2.07. The van der Waals surface area contributed by atoms with E-state index in [0.717, 1.165) is 12.1 Å². The number of nitrogens with two attached hydrogens (primary N) is 1. The first-order valence-electron chi connectivity index (χ1n) is 7.61. The van der Waals surface area contributed by atoms with Crippen molar-refractivity contribution in [2.75, 3.05) is 0 Å². The molecule has 0 spiro atoms. The van der Waals surface area contributed by atoms with E-state index in [9.17, 15) is 19.8 Å². The number of benzene rings is 2. The summed E-state index contributed by atoms with van der Waals surface area (Å²) in [5.74, 6) is -2.62. The zero-order valence-electron chi connectivity index (χ0n) is 14.2. The van der Waals surface area contributed by atoms with E-state index in [1.54, 1.807) is 13.8 Å². The van der Waals surface area contributed by atoms with Crippen LogP contribution in [0.4, 0.5) is 0 Å². The number of phenols is 4. The maximum atomic E-state index is 12.0. The lowest BCUT2D eigenvalue weighted by molar-refractivity contribution is -0.139. The second-order valence-electron chi connectivity index (χ2n) is 5.84. The van der Waals surface area contributed by atoms with Crippen LogP contribution in [0.2, 0.25) is 0 Å². The molecule has 0 saturated heterocycles. The van der Waals surface area contributed by atoms with Crippen LogP contribution in [0.3, 0.4) is 0 Å². The summed E-state index contributed by atoms with van der Waals surface area (Å²) in [6.07, 6.45) is 0. The number of aliphatic carboxylic acids is 1. The Morgan fingerprint density at radius 1 is 0.846 bits per heavy atom. The summed E-state index contributed by atoms with van der Waals surface area (Å²) < 4.78 is 0. The van der Waals surface area contributed by atoms with Gasteiger partial charge in [-0.25, -0.2) is 0 Å². The van der Waals surface area contributed by atoms with Gasteiger partial charge in [0.15, 0.2) is 5.78 Å². The third kappa shape index (κ3) is 5.38. The highest BCUT2D eigenvalue weighted by atomic mass is 16.4. The highest BCUT2D eigenvalue weighted by Gasteiger charge is 2.17. The summed E-state index contributed by atoms with van der Waals surface area (Å²) >= 11 is 0. The van der Waals surface area contributed by atoms with E-state index >= 15 is 0 Å². The summed E-state index contributed by atoms with van der Waals surface area (Å²) in [4.78, 5) is 22.0.